The van der Waals surface area contributed by atoms with Crippen molar-refractivity contribution < 1.29 is 28.8 Å². The van der Waals surface area contributed by atoms with E-state index in [2.05, 4.69) is 12.2 Å². The Balaban J connectivity index is 1.02. The molecule has 1 saturated heterocycles. The second-order valence-corrected chi connectivity index (χ2v) is 10.5. The van der Waals surface area contributed by atoms with Crippen LogP contribution in [0.1, 0.15) is 42.5 Å². The lowest BCUT2D eigenvalue weighted by molar-refractivity contribution is -0.384. The lowest BCUT2D eigenvalue weighted by atomic mass is 9.63. The monoisotopic (exact) mass is 478 g/mol. The van der Waals surface area contributed by atoms with Crippen LogP contribution in [0.4, 0.5) is 5.69 Å². The van der Waals surface area contributed by atoms with Gasteiger partial charge in [-0.1, -0.05) is 12.2 Å². The van der Waals surface area contributed by atoms with E-state index in [4.69, 9.17) is 4.74 Å². The Bertz CT molecular complexity index is 1110. The number of nitrogens with zero attached hydrogens (tertiary/aromatic N) is 2. The molecule has 7 rings (SSSR count). The van der Waals surface area contributed by atoms with Crippen LogP contribution in [0.5, 0.6) is 0 Å². The maximum absolute atomic E-state index is 13.3. The van der Waals surface area contributed by atoms with Crippen molar-refractivity contribution in [2.24, 2.45) is 41.4 Å². The molecular weight excluding hydrogens is 452 g/mol. The lowest BCUT2D eigenvalue weighted by Crippen LogP contribution is -2.44. The Morgan fingerprint density at radius 3 is 2.06 bits per heavy atom. The molecule has 0 N–H and O–H groups in total. The van der Waals surface area contributed by atoms with E-state index in [1.54, 1.807) is 0 Å². The molecule has 1 aromatic rings. The van der Waals surface area contributed by atoms with Gasteiger partial charge in [0.25, 0.3) is 5.69 Å². The third-order valence-electron chi connectivity index (χ3n) is 8.84. The predicted octanol–water partition coefficient (Wildman–Crippen LogP) is 2.93. The van der Waals surface area contributed by atoms with Crippen LogP contribution in [0.25, 0.3) is 0 Å². The molecule has 6 atom stereocenters. The summed E-state index contributed by atoms with van der Waals surface area (Å²) >= 11 is 0. The number of allylic oxidation sites excluding steroid dienone is 2. The number of nitro groups is 1. The van der Waals surface area contributed by atoms with E-state index < -0.39 is 23.3 Å². The lowest BCUT2D eigenvalue weighted by Gasteiger charge is -2.37. The van der Waals surface area contributed by atoms with Crippen LogP contribution in [0.2, 0.25) is 0 Å². The molecule has 5 aliphatic carbocycles. The van der Waals surface area contributed by atoms with Crippen molar-refractivity contribution in [3.63, 3.8) is 0 Å². The minimum Gasteiger partial charge on any atom is -0.457 e. The van der Waals surface area contributed by atoms with E-state index in [0.29, 0.717) is 37.5 Å². The first-order valence-corrected chi connectivity index (χ1v) is 12.3. The predicted molar refractivity (Wildman–Crippen MR) is 121 cm³/mol. The molecule has 1 aromatic carbocycles. The molecule has 9 heteroatoms. The van der Waals surface area contributed by atoms with E-state index in [1.807, 2.05) is 0 Å². The van der Waals surface area contributed by atoms with Crippen LogP contribution in [0.15, 0.2) is 36.4 Å². The van der Waals surface area contributed by atoms with Crippen molar-refractivity contribution in [1.29, 1.82) is 0 Å². The fraction of sp³-hybridized carbons (Fsp3) is 0.538. The third-order valence-corrected chi connectivity index (χ3v) is 8.84. The summed E-state index contributed by atoms with van der Waals surface area (Å²) < 4.78 is 5.23. The SMILES string of the molecule is O=C(COC(=O)C1CCC(N2C(=O)[C@@H]3[C@H]4C=C[C@@H]([C@@H]5C[C@H]45)[C@@H]3C2=O)CC1)c1ccc([N+](=O)[O-])cc1. The molecule has 35 heavy (non-hydrogen) atoms. The largest absolute Gasteiger partial charge is 0.457 e. The number of carbonyl (C=O) groups is 4. The number of Topliss-reactive ketones (excluding diaryl/α,β-unsaturated/α-hetero) is 1. The van der Waals surface area contributed by atoms with Gasteiger partial charge in [-0.2, -0.15) is 0 Å². The van der Waals surface area contributed by atoms with Gasteiger partial charge in [0, 0.05) is 23.7 Å². The maximum atomic E-state index is 13.3. The molecule has 182 valence electrons. The first kappa shape index (κ1) is 22.1. The first-order chi connectivity index (χ1) is 16.8. The maximum Gasteiger partial charge on any atom is 0.309 e. The molecule has 4 fully saturated rings. The number of hydrogen-bond acceptors (Lipinski definition) is 7. The average Bonchev–Trinajstić information content (AvgIpc) is 3.65. The average molecular weight is 479 g/mol. The van der Waals surface area contributed by atoms with Gasteiger partial charge >= 0.3 is 5.97 Å². The van der Waals surface area contributed by atoms with Gasteiger partial charge < -0.3 is 4.74 Å². The van der Waals surface area contributed by atoms with Gasteiger partial charge in [0.15, 0.2) is 12.4 Å². The Morgan fingerprint density at radius 2 is 1.51 bits per heavy atom. The van der Waals surface area contributed by atoms with Crippen molar-refractivity contribution in [2.45, 2.75) is 38.1 Å². The van der Waals surface area contributed by atoms with Crippen molar-refractivity contribution in [1.82, 2.24) is 4.90 Å². The number of amides is 2. The molecular formula is C26H26N2O7. The smallest absolute Gasteiger partial charge is 0.309 e. The molecule has 6 aliphatic rings. The summed E-state index contributed by atoms with van der Waals surface area (Å²) in [6.07, 6.45) is 7.58. The summed E-state index contributed by atoms with van der Waals surface area (Å²) in [5.41, 5.74) is 0.117. The minimum atomic E-state index is -0.550. The molecule has 2 bridgehead atoms. The van der Waals surface area contributed by atoms with Crippen LogP contribution in [-0.2, 0) is 19.1 Å². The summed E-state index contributed by atoms with van der Waals surface area (Å²) in [6, 6.07) is 4.97. The van der Waals surface area contributed by atoms with Gasteiger partial charge in [-0.15, -0.1) is 0 Å². The highest BCUT2D eigenvalue weighted by atomic mass is 16.6. The fourth-order valence-electron chi connectivity index (χ4n) is 7.02. The topological polar surface area (TPSA) is 124 Å². The molecule has 0 radical (unpaired) electrons. The highest BCUT2D eigenvalue weighted by molar-refractivity contribution is 6.06. The van der Waals surface area contributed by atoms with Gasteiger partial charge in [-0.3, -0.25) is 34.2 Å². The highest BCUT2D eigenvalue weighted by Crippen LogP contribution is 2.65. The van der Waals surface area contributed by atoms with Gasteiger partial charge in [0.1, 0.15) is 0 Å². The van der Waals surface area contributed by atoms with E-state index >= 15 is 0 Å². The number of esters is 1. The summed E-state index contributed by atoms with van der Waals surface area (Å²) in [4.78, 5) is 63.1. The third kappa shape index (κ3) is 3.51. The number of nitro benzene ring substituents is 1. The fourth-order valence-corrected chi connectivity index (χ4v) is 7.02. The quantitative estimate of drug-likeness (QED) is 0.154. The Kier molecular flexibility index (Phi) is 5.12. The standard InChI is InChI=1S/C26H26N2O7/c29-21(13-1-7-16(8-2-13)28(33)34)12-35-26(32)14-3-5-15(6-4-14)27-24(30)22-17-9-10-18(20-11-19(17)20)23(22)25(27)31/h1-2,7-10,14-15,17-20,22-23H,3-6,11-12H2/t14?,15?,17-,18-,19-,20+,22-,23+/m0/s1. The zero-order chi connectivity index (χ0) is 24.4. The highest BCUT2D eigenvalue weighted by Gasteiger charge is 2.67. The molecule has 2 amide bonds. The first-order valence-electron chi connectivity index (χ1n) is 12.3. The normalized spacial score (nSPS) is 36.5. The number of ether oxygens (including phenoxy) is 1. The van der Waals surface area contributed by atoms with Crippen molar-refractivity contribution in [3.05, 3.63) is 52.1 Å². The molecule has 0 unspecified atom stereocenters. The van der Waals surface area contributed by atoms with Gasteiger partial charge in [0.05, 0.1) is 22.7 Å². The Labute approximate surface area is 201 Å². The second-order valence-electron chi connectivity index (χ2n) is 10.5. The van der Waals surface area contributed by atoms with Crippen LogP contribution in [0.3, 0.4) is 0 Å². The van der Waals surface area contributed by atoms with Gasteiger partial charge in [-0.05, 0) is 67.9 Å². The zero-order valence-corrected chi connectivity index (χ0v) is 19.1. The minimum absolute atomic E-state index is 0.0237. The number of ketones is 1. The Hall–Kier alpha value is -3.36. The number of likely N-dealkylation sites (tertiary alicyclic amines) is 1. The zero-order valence-electron chi connectivity index (χ0n) is 19.1. The van der Waals surface area contributed by atoms with E-state index in [9.17, 15) is 29.3 Å². The summed E-state index contributed by atoms with van der Waals surface area (Å²) in [7, 11) is 0. The molecule has 0 aromatic heterocycles. The number of benzene rings is 1. The molecule has 1 heterocycles. The summed E-state index contributed by atoms with van der Waals surface area (Å²) in [5, 5.41) is 10.7. The number of hydrogen-bond donors (Lipinski definition) is 0. The van der Waals surface area contributed by atoms with Gasteiger partial charge in [-0.25, -0.2) is 0 Å². The van der Waals surface area contributed by atoms with Crippen molar-refractivity contribution in [2.75, 3.05) is 6.61 Å². The van der Waals surface area contributed by atoms with Crippen LogP contribution < -0.4 is 0 Å². The van der Waals surface area contributed by atoms with Crippen molar-refractivity contribution >= 4 is 29.3 Å². The van der Waals surface area contributed by atoms with E-state index in [0.717, 1.165) is 6.42 Å². The number of imide groups is 1. The van der Waals surface area contributed by atoms with Crippen LogP contribution >= 0.6 is 0 Å². The number of carbonyl (C=O) groups excluding carboxylic acids is 4. The number of non-ortho nitro benzene ring substituents is 1. The van der Waals surface area contributed by atoms with Crippen molar-refractivity contribution in [3.8, 4) is 0 Å². The van der Waals surface area contributed by atoms with Gasteiger partial charge in [0.2, 0.25) is 11.8 Å². The summed E-state index contributed by atoms with van der Waals surface area (Å²) in [5.74, 6) is -0.168. The Morgan fingerprint density at radius 1 is 0.943 bits per heavy atom. The van der Waals surface area contributed by atoms with Crippen LogP contribution in [-0.4, -0.2) is 46.0 Å². The summed E-state index contributed by atoms with van der Waals surface area (Å²) in [6.45, 7) is -0.429. The van der Waals surface area contributed by atoms with E-state index in [1.165, 1.54) is 29.2 Å². The number of rotatable bonds is 6. The van der Waals surface area contributed by atoms with E-state index in [-0.39, 0.29) is 58.7 Å². The molecule has 1 aliphatic heterocycles. The second kappa shape index (κ2) is 8.10. The molecule has 9 nitrogen and oxygen atoms in total. The molecule has 0 spiro atoms. The van der Waals surface area contributed by atoms with Crippen LogP contribution in [0, 0.1) is 51.5 Å². The molecule has 3 saturated carbocycles.